The summed E-state index contributed by atoms with van der Waals surface area (Å²) >= 11 is 1.87. The van der Waals surface area contributed by atoms with Gasteiger partial charge in [-0.3, -0.25) is 4.99 Å². The van der Waals surface area contributed by atoms with E-state index in [1.165, 1.54) is 125 Å². The summed E-state index contributed by atoms with van der Waals surface area (Å²) in [6.07, 6.45) is 0.860. The van der Waals surface area contributed by atoms with Crippen LogP contribution >= 0.6 is 11.3 Å². The lowest BCUT2D eigenvalue weighted by Gasteiger charge is -2.30. The van der Waals surface area contributed by atoms with Crippen molar-refractivity contribution in [3.8, 4) is 50.2 Å². The molecule has 1 atom stereocenters. The van der Waals surface area contributed by atoms with E-state index in [9.17, 15) is 0 Å². The van der Waals surface area contributed by atoms with Gasteiger partial charge in [-0.15, -0.1) is 11.3 Å². The molecule has 2 aromatic heterocycles. The van der Waals surface area contributed by atoms with Crippen LogP contribution in [0.1, 0.15) is 58.3 Å². The summed E-state index contributed by atoms with van der Waals surface area (Å²) in [6, 6.07) is 94.5. The molecule has 16 rings (SSSR count). The summed E-state index contributed by atoms with van der Waals surface area (Å²) in [5, 5.41) is 8.82. The van der Waals surface area contributed by atoms with Gasteiger partial charge in [-0.2, -0.15) is 0 Å². The molecule has 1 unspecified atom stereocenters. The number of hydrogen-bond acceptors (Lipinski definition) is 3. The first-order valence-corrected chi connectivity index (χ1v) is 27.7. The van der Waals surface area contributed by atoms with Crippen LogP contribution in [0.5, 0.6) is 0 Å². The van der Waals surface area contributed by atoms with Crippen LogP contribution in [-0.4, -0.2) is 10.4 Å². The Bertz CT molecular complexity index is 4590. The lowest BCUT2D eigenvalue weighted by molar-refractivity contribution is 0.785. The smallest absolute Gasteiger partial charge is 0.133 e. The van der Waals surface area contributed by atoms with Gasteiger partial charge in [0.05, 0.1) is 16.4 Å². The first kappa shape index (κ1) is 44.0. The van der Waals surface area contributed by atoms with Gasteiger partial charge in [0.25, 0.3) is 0 Å². The van der Waals surface area contributed by atoms with Gasteiger partial charge in [0.1, 0.15) is 11.9 Å². The Hall–Kier alpha value is -9.35. The van der Waals surface area contributed by atoms with Crippen LogP contribution in [0.15, 0.2) is 265 Å². The second-order valence-corrected chi connectivity index (χ2v) is 21.9. The van der Waals surface area contributed by atoms with E-state index in [0.29, 0.717) is 0 Å². The third-order valence-corrected chi connectivity index (χ3v) is 18.0. The standard InChI is InChI=1S/C73H49N3S/c1-2-51-70(45-20-6-3-7-21-45)74-72(46-22-8-4-9-23-46)75-71(51)56-30-19-35-67-69(56)59-43-48(38-41-66(59)77-67)47-36-39-64-57(42-47)58-44-49(37-40-65(58)76(64)50-24-10-5-11-25-50)52-29-18-34-63-68(52)55-28-14-17-33-62(55)73(63)60-31-15-12-26-53(60)54-27-13-16-32-61(54)73/h3-44,71H,2H2,1H3,(H,74,75). The SMILES string of the molecule is CCC1=C(c2ccccc2)NC(c2ccccc2)=NC1c1cccc2sc3ccc(-c4ccc5c(c4)c4cc(-c6cccc7c6-c6ccccc6C76c7ccccc7-c7ccccc76)ccc4n5-c4ccccc4)cc3c12. The zero-order chi connectivity index (χ0) is 50.8. The lowest BCUT2D eigenvalue weighted by atomic mass is 9.70. The number of amidine groups is 1. The van der Waals surface area contributed by atoms with E-state index in [1.807, 2.05) is 11.3 Å². The number of aromatic nitrogens is 1. The molecule has 3 heterocycles. The minimum Gasteiger partial charge on any atom is -0.339 e. The van der Waals surface area contributed by atoms with E-state index in [-0.39, 0.29) is 6.04 Å². The maximum atomic E-state index is 5.60. The van der Waals surface area contributed by atoms with Gasteiger partial charge >= 0.3 is 0 Å². The predicted octanol–water partition coefficient (Wildman–Crippen LogP) is 18.7. The van der Waals surface area contributed by atoms with Gasteiger partial charge in [-0.25, -0.2) is 0 Å². The summed E-state index contributed by atoms with van der Waals surface area (Å²) in [4.78, 5) is 5.60. The van der Waals surface area contributed by atoms with Crippen LogP contribution < -0.4 is 5.32 Å². The second kappa shape index (κ2) is 17.1. The molecule has 0 radical (unpaired) electrons. The number of thiophene rings is 1. The Morgan fingerprint density at radius 1 is 0.442 bits per heavy atom. The highest BCUT2D eigenvalue weighted by Gasteiger charge is 2.52. The van der Waals surface area contributed by atoms with Gasteiger partial charge in [0, 0.05) is 47.9 Å². The number of fused-ring (bicyclic) bond motifs is 16. The third kappa shape index (κ3) is 6.40. The summed E-state index contributed by atoms with van der Waals surface area (Å²) in [6.45, 7) is 2.27. The minimum absolute atomic E-state index is 0.166. The molecule has 2 aliphatic carbocycles. The normalized spacial score (nSPS) is 15.0. The molecule has 362 valence electrons. The number of para-hydroxylation sites is 1. The van der Waals surface area contributed by atoms with Crippen molar-refractivity contribution in [1.29, 1.82) is 0 Å². The van der Waals surface area contributed by atoms with Crippen molar-refractivity contribution in [2.75, 3.05) is 0 Å². The largest absolute Gasteiger partial charge is 0.339 e. The van der Waals surface area contributed by atoms with Crippen LogP contribution in [0.4, 0.5) is 0 Å². The van der Waals surface area contributed by atoms with Gasteiger partial charge in [-0.1, -0.05) is 207 Å². The van der Waals surface area contributed by atoms with E-state index in [2.05, 4.69) is 272 Å². The van der Waals surface area contributed by atoms with Crippen LogP contribution in [0.3, 0.4) is 0 Å². The molecule has 0 fully saturated rings. The first-order valence-electron chi connectivity index (χ1n) is 26.9. The number of rotatable bonds is 7. The fourth-order valence-electron chi connectivity index (χ4n) is 13.7. The Morgan fingerprint density at radius 2 is 0.974 bits per heavy atom. The number of aliphatic imine (C=N–C) groups is 1. The fraction of sp³-hybridized carbons (Fsp3) is 0.0548. The molecule has 1 spiro atoms. The number of nitrogens with zero attached hydrogens (tertiary/aromatic N) is 2. The molecule has 0 bridgehead atoms. The van der Waals surface area contributed by atoms with Crippen molar-refractivity contribution in [2.24, 2.45) is 4.99 Å². The number of nitrogens with one attached hydrogen (secondary N) is 1. The van der Waals surface area contributed by atoms with Gasteiger partial charge in [0.15, 0.2) is 0 Å². The highest BCUT2D eigenvalue weighted by atomic mass is 32.1. The first-order chi connectivity index (χ1) is 38.2. The molecule has 13 aromatic rings. The lowest BCUT2D eigenvalue weighted by Crippen LogP contribution is -2.30. The van der Waals surface area contributed by atoms with Gasteiger partial charge in [-0.05, 0) is 144 Å². The van der Waals surface area contributed by atoms with E-state index >= 15 is 0 Å². The molecular formula is C73H49N3S. The highest BCUT2D eigenvalue weighted by molar-refractivity contribution is 7.25. The van der Waals surface area contributed by atoms with Crippen LogP contribution in [0, 0.1) is 0 Å². The quantitative estimate of drug-likeness (QED) is 0.169. The maximum absolute atomic E-state index is 5.60. The molecule has 77 heavy (non-hydrogen) atoms. The zero-order valence-corrected chi connectivity index (χ0v) is 43.2. The van der Waals surface area contributed by atoms with Crippen molar-refractivity contribution >= 4 is 64.8 Å². The minimum atomic E-state index is -0.404. The van der Waals surface area contributed by atoms with Gasteiger partial charge in [0.2, 0.25) is 0 Å². The monoisotopic (exact) mass is 999 g/mol. The molecule has 0 amide bonds. The maximum Gasteiger partial charge on any atom is 0.133 e. The van der Waals surface area contributed by atoms with Gasteiger partial charge < -0.3 is 9.88 Å². The number of benzene rings is 11. The van der Waals surface area contributed by atoms with Crippen molar-refractivity contribution in [3.05, 3.63) is 299 Å². The van der Waals surface area contributed by atoms with Crippen LogP contribution in [-0.2, 0) is 5.41 Å². The predicted molar refractivity (Wildman–Crippen MR) is 323 cm³/mol. The Kier molecular flexibility index (Phi) is 9.76. The summed E-state index contributed by atoms with van der Waals surface area (Å²) < 4.78 is 4.99. The molecule has 4 heteroatoms. The third-order valence-electron chi connectivity index (χ3n) is 16.9. The summed E-state index contributed by atoms with van der Waals surface area (Å²) in [5.41, 5.74) is 24.6. The Labute approximate surface area is 451 Å². The van der Waals surface area contributed by atoms with Crippen molar-refractivity contribution in [3.63, 3.8) is 0 Å². The average Bonchev–Trinajstić information content (AvgIpc) is 3.96. The van der Waals surface area contributed by atoms with Crippen LogP contribution in [0.25, 0.3) is 97.9 Å². The van der Waals surface area contributed by atoms with E-state index < -0.39 is 5.41 Å². The number of hydrogen-bond donors (Lipinski definition) is 1. The molecule has 1 N–H and O–H groups in total. The molecule has 0 saturated heterocycles. The molecule has 3 aliphatic rings. The summed E-state index contributed by atoms with van der Waals surface area (Å²) in [7, 11) is 0. The summed E-state index contributed by atoms with van der Waals surface area (Å²) in [5.74, 6) is 0.894. The van der Waals surface area contributed by atoms with Crippen molar-refractivity contribution in [2.45, 2.75) is 24.8 Å². The molecule has 0 saturated carbocycles. The van der Waals surface area contributed by atoms with Crippen LogP contribution in [0.2, 0.25) is 0 Å². The van der Waals surface area contributed by atoms with Crippen molar-refractivity contribution in [1.82, 2.24) is 9.88 Å². The Morgan fingerprint density at radius 3 is 1.66 bits per heavy atom. The molecular weight excluding hydrogens is 951 g/mol. The molecule has 11 aromatic carbocycles. The molecule has 3 nitrogen and oxygen atoms in total. The average molecular weight is 1000 g/mol. The zero-order valence-electron chi connectivity index (χ0n) is 42.3. The molecule has 1 aliphatic heterocycles. The Balaban J connectivity index is 0.878. The fourth-order valence-corrected chi connectivity index (χ4v) is 14.8. The van der Waals surface area contributed by atoms with Crippen molar-refractivity contribution < 1.29 is 0 Å². The second-order valence-electron chi connectivity index (χ2n) is 20.8. The van der Waals surface area contributed by atoms with E-state index in [1.54, 1.807) is 0 Å². The van der Waals surface area contributed by atoms with E-state index in [4.69, 9.17) is 4.99 Å². The highest BCUT2D eigenvalue weighted by Crippen LogP contribution is 2.64. The topological polar surface area (TPSA) is 29.3 Å². The van der Waals surface area contributed by atoms with E-state index in [0.717, 1.165) is 29.2 Å².